The molecule has 2 N–H and O–H groups in total. The largest absolute Gasteiger partial charge is 0.461 e. The topological polar surface area (TPSA) is 62.5 Å². The van der Waals surface area contributed by atoms with Gasteiger partial charge in [0.2, 0.25) is 5.91 Å². The zero-order valence-corrected chi connectivity index (χ0v) is 15.8. The molecule has 5 heteroatoms. The van der Waals surface area contributed by atoms with Crippen molar-refractivity contribution in [2.24, 2.45) is 11.3 Å². The summed E-state index contributed by atoms with van der Waals surface area (Å²) in [6, 6.07) is 10.0. The van der Waals surface area contributed by atoms with Gasteiger partial charge in [0.15, 0.2) is 0 Å². The van der Waals surface area contributed by atoms with Gasteiger partial charge in [-0.25, -0.2) is 4.39 Å². The monoisotopic (exact) mass is 373 g/mol. The van der Waals surface area contributed by atoms with E-state index in [4.69, 9.17) is 4.42 Å². The van der Waals surface area contributed by atoms with Crippen LogP contribution in [0.4, 0.5) is 4.39 Å². The van der Waals surface area contributed by atoms with Crippen molar-refractivity contribution in [1.29, 1.82) is 0 Å². The van der Waals surface area contributed by atoms with Crippen molar-refractivity contribution in [2.45, 2.75) is 45.4 Å². The third-order valence-corrected chi connectivity index (χ3v) is 5.99. The number of aliphatic hydroxyl groups is 1. The first-order chi connectivity index (χ1) is 13.0. The molecule has 1 unspecified atom stereocenters. The first-order valence-electron chi connectivity index (χ1n) is 9.75. The molecule has 1 amide bonds. The van der Waals surface area contributed by atoms with Gasteiger partial charge < -0.3 is 14.8 Å². The molecule has 2 aromatic rings. The number of carbonyl (C=O) groups excluding carboxylic acids is 1. The zero-order chi connectivity index (χ0) is 19.3. The molecule has 1 aromatic carbocycles. The van der Waals surface area contributed by atoms with E-state index in [0.29, 0.717) is 42.4 Å². The third-order valence-electron chi connectivity index (χ3n) is 5.99. The molecule has 0 bridgehead atoms. The molecule has 1 heterocycles. The van der Waals surface area contributed by atoms with Crippen LogP contribution in [0.5, 0.6) is 0 Å². The number of furan rings is 1. The lowest BCUT2D eigenvalue weighted by atomic mass is 9.60. The van der Waals surface area contributed by atoms with Crippen LogP contribution in [-0.4, -0.2) is 24.2 Å². The number of rotatable bonds is 9. The van der Waals surface area contributed by atoms with Crippen LogP contribution in [0.2, 0.25) is 0 Å². The molecule has 3 rings (SSSR count). The van der Waals surface area contributed by atoms with Crippen LogP contribution in [-0.2, 0) is 11.2 Å². The number of hydrogen-bond donors (Lipinski definition) is 2. The number of benzene rings is 1. The van der Waals surface area contributed by atoms with Crippen molar-refractivity contribution in [1.82, 2.24) is 5.32 Å². The second-order valence-electron chi connectivity index (χ2n) is 7.65. The zero-order valence-electron chi connectivity index (χ0n) is 15.8. The Morgan fingerprint density at radius 2 is 2.07 bits per heavy atom. The fourth-order valence-electron chi connectivity index (χ4n) is 3.89. The Labute approximate surface area is 159 Å². The van der Waals surface area contributed by atoms with E-state index >= 15 is 0 Å². The summed E-state index contributed by atoms with van der Waals surface area (Å²) in [7, 11) is 0. The van der Waals surface area contributed by atoms with E-state index in [2.05, 4.69) is 12.2 Å². The number of halogens is 1. The fraction of sp³-hybridized carbons (Fsp3) is 0.500. The first-order valence-corrected chi connectivity index (χ1v) is 9.75. The Kier molecular flexibility index (Phi) is 6.32. The number of hydrogen-bond acceptors (Lipinski definition) is 3. The van der Waals surface area contributed by atoms with Crippen LogP contribution in [0, 0.1) is 17.2 Å². The summed E-state index contributed by atoms with van der Waals surface area (Å²) in [5.74, 6) is 1.25. The highest BCUT2D eigenvalue weighted by atomic mass is 19.1. The third kappa shape index (κ3) is 4.59. The number of aryl methyl sites for hydroxylation is 1. The molecule has 1 fully saturated rings. The summed E-state index contributed by atoms with van der Waals surface area (Å²) in [4.78, 5) is 12.3. The van der Waals surface area contributed by atoms with Crippen molar-refractivity contribution in [3.8, 4) is 11.3 Å². The Morgan fingerprint density at radius 1 is 1.30 bits per heavy atom. The van der Waals surface area contributed by atoms with Gasteiger partial charge in [-0.05, 0) is 54.9 Å². The van der Waals surface area contributed by atoms with E-state index in [9.17, 15) is 14.3 Å². The number of amides is 1. The van der Waals surface area contributed by atoms with Gasteiger partial charge in [0.05, 0.1) is 5.56 Å². The van der Waals surface area contributed by atoms with Gasteiger partial charge in [-0.3, -0.25) is 4.79 Å². The van der Waals surface area contributed by atoms with Crippen molar-refractivity contribution in [2.75, 3.05) is 13.2 Å². The summed E-state index contributed by atoms with van der Waals surface area (Å²) in [6.45, 7) is 3.03. The van der Waals surface area contributed by atoms with Gasteiger partial charge >= 0.3 is 0 Å². The smallest absolute Gasteiger partial charge is 0.220 e. The SMILES string of the molecule is CC(CCO)C1(CNC(=O)CCc2ccc(-c3ccccc3F)o2)CCC1. The van der Waals surface area contributed by atoms with Crippen LogP contribution in [0.3, 0.4) is 0 Å². The highest BCUT2D eigenvalue weighted by molar-refractivity contribution is 5.76. The van der Waals surface area contributed by atoms with Crippen molar-refractivity contribution in [3.05, 3.63) is 48.0 Å². The molecule has 1 atom stereocenters. The average Bonchev–Trinajstić information content (AvgIpc) is 3.08. The fourth-order valence-corrected chi connectivity index (χ4v) is 3.89. The molecule has 1 saturated carbocycles. The Hall–Kier alpha value is -2.14. The molecule has 1 aromatic heterocycles. The average molecular weight is 373 g/mol. The van der Waals surface area contributed by atoms with Gasteiger partial charge in [-0.15, -0.1) is 0 Å². The van der Waals surface area contributed by atoms with E-state index < -0.39 is 0 Å². The van der Waals surface area contributed by atoms with Crippen LogP contribution < -0.4 is 5.32 Å². The summed E-state index contributed by atoms with van der Waals surface area (Å²) < 4.78 is 19.5. The molecule has 1 aliphatic carbocycles. The van der Waals surface area contributed by atoms with Crippen LogP contribution in [0.15, 0.2) is 40.8 Å². The standard InChI is InChI=1S/C22H28FNO3/c1-16(11-14-25)22(12-4-13-22)15-24-21(26)10-8-17-7-9-20(27-17)18-5-2-3-6-19(18)23/h2-3,5-7,9,16,25H,4,8,10-15H2,1H3,(H,24,26). The maximum atomic E-state index is 13.8. The minimum atomic E-state index is -0.320. The molecular formula is C22H28FNO3. The quantitative estimate of drug-likeness (QED) is 0.688. The Morgan fingerprint density at radius 3 is 2.74 bits per heavy atom. The predicted molar refractivity (Wildman–Crippen MR) is 103 cm³/mol. The molecule has 0 saturated heterocycles. The van der Waals surface area contributed by atoms with Gasteiger partial charge in [-0.2, -0.15) is 0 Å². The van der Waals surface area contributed by atoms with E-state index in [-0.39, 0.29) is 23.7 Å². The second kappa shape index (κ2) is 8.70. The predicted octanol–water partition coefficient (Wildman–Crippen LogP) is 4.32. The second-order valence-corrected chi connectivity index (χ2v) is 7.65. The summed E-state index contributed by atoms with van der Waals surface area (Å²) in [5, 5.41) is 12.2. The Bertz CT molecular complexity index is 766. The molecule has 146 valence electrons. The van der Waals surface area contributed by atoms with Crippen molar-refractivity contribution < 1.29 is 18.7 Å². The van der Waals surface area contributed by atoms with Gasteiger partial charge in [-0.1, -0.05) is 25.5 Å². The molecule has 1 aliphatic rings. The first kappa shape index (κ1) is 19.6. The van der Waals surface area contributed by atoms with E-state index in [0.717, 1.165) is 19.3 Å². The van der Waals surface area contributed by atoms with Crippen LogP contribution >= 0.6 is 0 Å². The lowest BCUT2D eigenvalue weighted by Gasteiger charge is -2.47. The number of nitrogens with one attached hydrogen (secondary N) is 1. The molecule has 4 nitrogen and oxygen atoms in total. The van der Waals surface area contributed by atoms with Crippen molar-refractivity contribution >= 4 is 5.91 Å². The lowest BCUT2D eigenvalue weighted by Crippen LogP contribution is -2.46. The molecule has 0 spiro atoms. The van der Waals surface area contributed by atoms with Crippen molar-refractivity contribution in [3.63, 3.8) is 0 Å². The normalized spacial score (nSPS) is 16.6. The minimum absolute atomic E-state index is 0.00122. The summed E-state index contributed by atoms with van der Waals surface area (Å²) in [5.41, 5.74) is 0.569. The van der Waals surface area contributed by atoms with Gasteiger partial charge in [0.25, 0.3) is 0 Å². The maximum Gasteiger partial charge on any atom is 0.220 e. The summed E-state index contributed by atoms with van der Waals surface area (Å²) >= 11 is 0. The Balaban J connectivity index is 1.49. The van der Waals surface area contributed by atoms with E-state index in [1.165, 1.54) is 12.5 Å². The lowest BCUT2D eigenvalue weighted by molar-refractivity contribution is -0.122. The van der Waals surface area contributed by atoms with Crippen LogP contribution in [0.25, 0.3) is 11.3 Å². The van der Waals surface area contributed by atoms with E-state index in [1.807, 2.05) is 0 Å². The van der Waals surface area contributed by atoms with Crippen LogP contribution in [0.1, 0.15) is 44.8 Å². The van der Waals surface area contributed by atoms with E-state index in [1.54, 1.807) is 30.3 Å². The number of aliphatic hydroxyl groups excluding tert-OH is 1. The van der Waals surface area contributed by atoms with Gasteiger partial charge in [0, 0.05) is 26.0 Å². The molecule has 27 heavy (non-hydrogen) atoms. The summed E-state index contributed by atoms with van der Waals surface area (Å²) in [6.07, 6.45) is 5.02. The molecule has 0 radical (unpaired) electrons. The van der Waals surface area contributed by atoms with Gasteiger partial charge in [0.1, 0.15) is 17.3 Å². The molecular weight excluding hydrogens is 345 g/mol. The molecule has 0 aliphatic heterocycles. The minimum Gasteiger partial charge on any atom is -0.461 e. The maximum absolute atomic E-state index is 13.8. The highest BCUT2D eigenvalue weighted by Gasteiger charge is 2.41. The highest BCUT2D eigenvalue weighted by Crippen LogP contribution is 2.47. The number of carbonyl (C=O) groups is 1.